The summed E-state index contributed by atoms with van der Waals surface area (Å²) >= 11 is 6.33. The Morgan fingerprint density at radius 2 is 1.89 bits per heavy atom. The molecule has 1 fully saturated rings. The molecule has 5 atom stereocenters. The van der Waals surface area contributed by atoms with Crippen LogP contribution in [0.2, 0.25) is 5.02 Å². The van der Waals surface area contributed by atoms with E-state index in [4.69, 9.17) is 17.3 Å². The van der Waals surface area contributed by atoms with Crippen LogP contribution in [0, 0.1) is 23.7 Å². The van der Waals surface area contributed by atoms with E-state index >= 15 is 0 Å². The van der Waals surface area contributed by atoms with Crippen LogP contribution in [0.1, 0.15) is 58.6 Å². The third-order valence-corrected chi connectivity index (χ3v) is 6.19. The van der Waals surface area contributed by atoms with E-state index in [0.29, 0.717) is 22.8 Å². The van der Waals surface area contributed by atoms with Gasteiger partial charge in [0, 0.05) is 17.5 Å². The molecular weight excluding hydrogens is 374 g/mol. The van der Waals surface area contributed by atoms with E-state index < -0.39 is 12.1 Å². The first-order chi connectivity index (χ1) is 13.2. The van der Waals surface area contributed by atoms with Gasteiger partial charge in [-0.1, -0.05) is 57.0 Å². The van der Waals surface area contributed by atoms with Gasteiger partial charge < -0.3 is 16.4 Å². The van der Waals surface area contributed by atoms with E-state index in [1.54, 1.807) is 13.0 Å². The first kappa shape index (κ1) is 22.7. The lowest BCUT2D eigenvalue weighted by Gasteiger charge is -2.36. The van der Waals surface area contributed by atoms with Crippen LogP contribution < -0.4 is 16.4 Å². The summed E-state index contributed by atoms with van der Waals surface area (Å²) < 4.78 is 0. The van der Waals surface area contributed by atoms with Gasteiger partial charge in [0.25, 0.3) is 0 Å². The monoisotopic (exact) mass is 407 g/mol. The lowest BCUT2D eigenvalue weighted by Crippen LogP contribution is -2.46. The second-order valence-electron chi connectivity index (χ2n) is 8.55. The van der Waals surface area contributed by atoms with Crippen LogP contribution in [-0.4, -0.2) is 24.4 Å². The number of rotatable bonds is 7. The Bertz CT molecular complexity index is 678. The summed E-state index contributed by atoms with van der Waals surface area (Å²) in [5.74, 6) is 1.24. The van der Waals surface area contributed by atoms with E-state index in [9.17, 15) is 9.59 Å². The zero-order chi connectivity index (χ0) is 20.8. The SMILES string of the molecule is CC(C)[C@@H]1CC[C@@H](C)C[C@H]1C(=O)NC[C@@H](NC(=O)[C@@H](C)N)c1ccccc1Cl. The zero-order valence-electron chi connectivity index (χ0n) is 17.4. The molecule has 1 saturated carbocycles. The Labute approximate surface area is 173 Å². The highest BCUT2D eigenvalue weighted by Gasteiger charge is 2.35. The summed E-state index contributed by atoms with van der Waals surface area (Å²) in [5, 5.41) is 6.54. The minimum absolute atomic E-state index is 0.0137. The summed E-state index contributed by atoms with van der Waals surface area (Å²) in [6.45, 7) is 8.52. The third kappa shape index (κ3) is 5.95. The van der Waals surface area contributed by atoms with Crippen LogP contribution in [-0.2, 0) is 9.59 Å². The molecule has 0 spiro atoms. The van der Waals surface area contributed by atoms with Crippen molar-refractivity contribution in [1.29, 1.82) is 0 Å². The highest BCUT2D eigenvalue weighted by atomic mass is 35.5. The molecule has 0 unspecified atom stereocenters. The van der Waals surface area contributed by atoms with Crippen molar-refractivity contribution in [3.8, 4) is 0 Å². The summed E-state index contributed by atoms with van der Waals surface area (Å²) in [7, 11) is 0. The standard InChI is InChI=1S/C22H34ClN3O2/c1-13(2)16-10-9-14(3)11-18(16)22(28)25-12-20(26-21(27)15(4)24)17-7-5-6-8-19(17)23/h5-8,13-16,18,20H,9-12,24H2,1-4H3,(H,25,28)(H,26,27)/t14-,15-,16+,18-,20-/m1/s1. The number of nitrogens with one attached hydrogen (secondary N) is 2. The summed E-state index contributed by atoms with van der Waals surface area (Å²) in [6, 6.07) is 6.29. The maximum atomic E-state index is 13.0. The van der Waals surface area contributed by atoms with Gasteiger partial charge in [-0.25, -0.2) is 0 Å². The van der Waals surface area contributed by atoms with Crippen molar-refractivity contribution in [2.75, 3.05) is 6.54 Å². The molecule has 2 amide bonds. The lowest BCUT2D eigenvalue weighted by atomic mass is 9.70. The highest BCUT2D eigenvalue weighted by Crippen LogP contribution is 2.38. The molecule has 1 aromatic carbocycles. The maximum absolute atomic E-state index is 13.0. The second-order valence-corrected chi connectivity index (χ2v) is 8.96. The van der Waals surface area contributed by atoms with Gasteiger partial charge in [-0.15, -0.1) is 0 Å². The average molecular weight is 408 g/mol. The Balaban J connectivity index is 2.12. The van der Waals surface area contributed by atoms with Crippen molar-refractivity contribution in [1.82, 2.24) is 10.6 Å². The molecule has 1 aliphatic rings. The molecule has 0 radical (unpaired) electrons. The van der Waals surface area contributed by atoms with Crippen molar-refractivity contribution >= 4 is 23.4 Å². The molecule has 5 nitrogen and oxygen atoms in total. The maximum Gasteiger partial charge on any atom is 0.237 e. The average Bonchev–Trinajstić information content (AvgIpc) is 2.64. The predicted octanol–water partition coefficient (Wildman–Crippen LogP) is 3.67. The van der Waals surface area contributed by atoms with Crippen LogP contribution in [0.4, 0.5) is 0 Å². The lowest BCUT2D eigenvalue weighted by molar-refractivity contribution is -0.130. The Morgan fingerprint density at radius 3 is 2.50 bits per heavy atom. The molecule has 0 aromatic heterocycles. The summed E-state index contributed by atoms with van der Waals surface area (Å²) in [5.41, 5.74) is 6.48. The largest absolute Gasteiger partial charge is 0.353 e. The molecule has 1 aliphatic carbocycles. The van der Waals surface area contributed by atoms with Gasteiger partial charge in [0.1, 0.15) is 0 Å². The number of hydrogen-bond donors (Lipinski definition) is 3. The number of carbonyl (C=O) groups excluding carboxylic acids is 2. The molecular formula is C22H34ClN3O2. The van der Waals surface area contributed by atoms with Crippen molar-refractivity contribution in [2.45, 2.75) is 59.0 Å². The molecule has 28 heavy (non-hydrogen) atoms. The van der Waals surface area contributed by atoms with E-state index in [1.165, 1.54) is 6.42 Å². The van der Waals surface area contributed by atoms with Crippen LogP contribution in [0.25, 0.3) is 0 Å². The second kappa shape index (κ2) is 10.3. The fourth-order valence-electron chi connectivity index (χ4n) is 4.14. The summed E-state index contributed by atoms with van der Waals surface area (Å²) in [4.78, 5) is 25.2. The fourth-order valence-corrected chi connectivity index (χ4v) is 4.40. The molecule has 1 aromatic rings. The highest BCUT2D eigenvalue weighted by molar-refractivity contribution is 6.31. The van der Waals surface area contributed by atoms with Crippen LogP contribution in [0.5, 0.6) is 0 Å². The van der Waals surface area contributed by atoms with Crippen LogP contribution in [0.15, 0.2) is 24.3 Å². The number of nitrogens with two attached hydrogens (primary N) is 1. The number of halogens is 1. The summed E-state index contributed by atoms with van der Waals surface area (Å²) in [6.07, 6.45) is 3.18. The molecule has 0 aliphatic heterocycles. The number of benzene rings is 1. The minimum atomic E-state index is -0.634. The zero-order valence-corrected chi connectivity index (χ0v) is 18.1. The molecule has 156 valence electrons. The van der Waals surface area contributed by atoms with Gasteiger partial charge in [-0.3, -0.25) is 9.59 Å². The number of amides is 2. The minimum Gasteiger partial charge on any atom is -0.353 e. The molecule has 2 rings (SSSR count). The van der Waals surface area contributed by atoms with Gasteiger partial charge in [0.15, 0.2) is 0 Å². The smallest absolute Gasteiger partial charge is 0.237 e. The van der Waals surface area contributed by atoms with Crippen molar-refractivity contribution in [3.05, 3.63) is 34.9 Å². The fraction of sp³-hybridized carbons (Fsp3) is 0.636. The van der Waals surface area contributed by atoms with Crippen molar-refractivity contribution in [3.63, 3.8) is 0 Å². The Kier molecular flexibility index (Phi) is 8.32. The number of carbonyl (C=O) groups is 2. The third-order valence-electron chi connectivity index (χ3n) is 5.85. The van der Waals surface area contributed by atoms with Crippen LogP contribution in [0.3, 0.4) is 0 Å². The van der Waals surface area contributed by atoms with E-state index in [1.807, 2.05) is 18.2 Å². The van der Waals surface area contributed by atoms with Gasteiger partial charge in [-0.2, -0.15) is 0 Å². The molecule has 0 bridgehead atoms. The molecule has 0 heterocycles. The van der Waals surface area contributed by atoms with E-state index in [-0.39, 0.29) is 24.3 Å². The van der Waals surface area contributed by atoms with E-state index in [2.05, 4.69) is 31.4 Å². The molecule has 4 N–H and O–H groups in total. The van der Waals surface area contributed by atoms with Gasteiger partial charge in [-0.05, 0) is 49.1 Å². The van der Waals surface area contributed by atoms with Crippen LogP contribution >= 0.6 is 11.6 Å². The van der Waals surface area contributed by atoms with E-state index in [0.717, 1.165) is 18.4 Å². The first-order valence-electron chi connectivity index (χ1n) is 10.3. The molecule has 6 heteroatoms. The Hall–Kier alpha value is -1.59. The quantitative estimate of drug-likeness (QED) is 0.644. The van der Waals surface area contributed by atoms with Crippen molar-refractivity contribution < 1.29 is 9.59 Å². The number of hydrogen-bond acceptors (Lipinski definition) is 3. The molecule has 0 saturated heterocycles. The Morgan fingerprint density at radius 1 is 1.21 bits per heavy atom. The normalized spacial score (nSPS) is 24.5. The first-order valence-corrected chi connectivity index (χ1v) is 10.7. The van der Waals surface area contributed by atoms with Gasteiger partial charge >= 0.3 is 0 Å². The van der Waals surface area contributed by atoms with Crippen molar-refractivity contribution in [2.24, 2.45) is 29.4 Å². The topological polar surface area (TPSA) is 84.2 Å². The van der Waals surface area contributed by atoms with Gasteiger partial charge in [0.2, 0.25) is 11.8 Å². The predicted molar refractivity (Wildman–Crippen MR) is 114 cm³/mol. The van der Waals surface area contributed by atoms with Gasteiger partial charge in [0.05, 0.1) is 12.1 Å².